The number of anilines is 1. The fraction of sp³-hybridized carbons (Fsp3) is 0.438. The second-order valence-electron chi connectivity index (χ2n) is 5.97. The van der Waals surface area contributed by atoms with Crippen LogP contribution < -0.4 is 4.72 Å². The van der Waals surface area contributed by atoms with Crippen molar-refractivity contribution < 1.29 is 17.9 Å². The Hall–Kier alpha value is -2.04. The van der Waals surface area contributed by atoms with E-state index in [0.717, 1.165) is 11.1 Å². The summed E-state index contributed by atoms with van der Waals surface area (Å²) < 4.78 is 32.6. The number of hydrogen-bond donors (Lipinski definition) is 1. The van der Waals surface area contributed by atoms with Crippen LogP contribution in [0.25, 0.3) is 0 Å². The molecule has 0 spiro atoms. The van der Waals surface area contributed by atoms with Crippen molar-refractivity contribution >= 4 is 32.4 Å². The molecule has 2 aromatic rings. The Morgan fingerprint density at radius 1 is 1.35 bits per heavy atom. The third-order valence-corrected chi connectivity index (χ3v) is 6.34. The molecule has 3 rings (SSSR count). The maximum atomic E-state index is 12.6. The highest BCUT2D eigenvalue weighted by atomic mass is 32.2. The first-order valence-electron chi connectivity index (χ1n) is 8.10. The van der Waals surface area contributed by atoms with Crippen molar-refractivity contribution in [2.45, 2.75) is 31.2 Å². The largest absolute Gasteiger partial charge is 0.384 e. The van der Waals surface area contributed by atoms with E-state index in [1.165, 1.54) is 11.3 Å². The smallest absolute Gasteiger partial charge is 0.263 e. The number of sulfonamides is 1. The molecule has 2 heterocycles. The van der Waals surface area contributed by atoms with Gasteiger partial charge in [-0.25, -0.2) is 8.42 Å². The third kappa shape index (κ3) is 4.19. The van der Waals surface area contributed by atoms with Gasteiger partial charge in [-0.2, -0.15) is 0 Å². The molecular weight excluding hydrogens is 376 g/mol. The summed E-state index contributed by atoms with van der Waals surface area (Å²) in [6.07, 6.45) is 1.03. The van der Waals surface area contributed by atoms with E-state index < -0.39 is 10.0 Å². The van der Waals surface area contributed by atoms with E-state index in [2.05, 4.69) is 14.9 Å². The van der Waals surface area contributed by atoms with E-state index in [1.54, 1.807) is 31.1 Å². The molecule has 1 N–H and O–H groups in total. The number of carbonyl (C=O) groups is 1. The van der Waals surface area contributed by atoms with Crippen LogP contribution in [0.1, 0.15) is 22.6 Å². The highest BCUT2D eigenvalue weighted by Gasteiger charge is 2.23. The molecule has 1 amide bonds. The average molecular weight is 396 g/mol. The maximum absolute atomic E-state index is 12.6. The summed E-state index contributed by atoms with van der Waals surface area (Å²) in [5, 5.41) is 8.51. The van der Waals surface area contributed by atoms with E-state index in [-0.39, 0.29) is 15.9 Å². The lowest BCUT2D eigenvalue weighted by Gasteiger charge is -2.29. The molecule has 0 aliphatic carbocycles. The minimum Gasteiger partial charge on any atom is -0.384 e. The van der Waals surface area contributed by atoms with Crippen LogP contribution in [-0.4, -0.2) is 49.7 Å². The van der Waals surface area contributed by atoms with Gasteiger partial charge in [-0.3, -0.25) is 9.52 Å². The summed E-state index contributed by atoms with van der Waals surface area (Å²) in [6, 6.07) is 5.02. The molecule has 140 valence electrons. The van der Waals surface area contributed by atoms with Gasteiger partial charge in [0.05, 0.1) is 17.9 Å². The van der Waals surface area contributed by atoms with Crippen molar-refractivity contribution in [2.24, 2.45) is 0 Å². The first kappa shape index (κ1) is 18.7. The van der Waals surface area contributed by atoms with Gasteiger partial charge in [0.15, 0.2) is 0 Å². The molecule has 1 aromatic carbocycles. The number of fused-ring (bicyclic) bond motifs is 1. The lowest BCUT2D eigenvalue weighted by Crippen LogP contribution is -2.36. The summed E-state index contributed by atoms with van der Waals surface area (Å²) >= 11 is 1.17. The molecule has 0 radical (unpaired) electrons. The zero-order valence-electron chi connectivity index (χ0n) is 14.6. The number of nitrogens with zero attached hydrogens (tertiary/aromatic N) is 3. The van der Waals surface area contributed by atoms with Crippen LogP contribution in [-0.2, 0) is 32.5 Å². The van der Waals surface area contributed by atoms with Crippen molar-refractivity contribution in [3.05, 3.63) is 34.3 Å². The van der Waals surface area contributed by atoms with E-state index in [9.17, 15) is 13.2 Å². The standard InChI is InChI=1S/C16H20N4O4S2/c1-11-17-18-16(25-11)19-26(22,23)14-4-3-12-5-7-20(10-13(12)9-14)15(21)6-8-24-2/h3-4,9H,5-8,10H2,1-2H3,(H,18,19). The predicted octanol–water partition coefficient (Wildman–Crippen LogP) is 1.57. The molecule has 1 aliphatic heterocycles. The second-order valence-corrected chi connectivity index (χ2v) is 8.83. The second kappa shape index (κ2) is 7.68. The van der Waals surface area contributed by atoms with Crippen LogP contribution in [0.15, 0.2) is 23.1 Å². The number of rotatable bonds is 6. The highest BCUT2D eigenvalue weighted by Crippen LogP contribution is 2.25. The van der Waals surface area contributed by atoms with Crippen LogP contribution in [0.3, 0.4) is 0 Å². The topological polar surface area (TPSA) is 101 Å². The molecule has 0 bridgehead atoms. The fourth-order valence-corrected chi connectivity index (χ4v) is 4.64. The Morgan fingerprint density at radius 2 is 2.15 bits per heavy atom. The number of carbonyl (C=O) groups excluding carboxylic acids is 1. The zero-order valence-corrected chi connectivity index (χ0v) is 16.2. The van der Waals surface area contributed by atoms with Gasteiger partial charge in [-0.05, 0) is 36.6 Å². The Balaban J connectivity index is 1.78. The van der Waals surface area contributed by atoms with Gasteiger partial charge in [0.2, 0.25) is 11.0 Å². The number of nitrogens with one attached hydrogen (secondary N) is 1. The average Bonchev–Trinajstić information content (AvgIpc) is 3.02. The molecule has 1 aromatic heterocycles. The number of ether oxygens (including phenoxy) is 1. The van der Waals surface area contributed by atoms with Crippen molar-refractivity contribution in [2.75, 3.05) is 25.0 Å². The summed E-state index contributed by atoms with van der Waals surface area (Å²) in [5.41, 5.74) is 1.91. The lowest BCUT2D eigenvalue weighted by molar-refractivity contribution is -0.133. The molecule has 8 nitrogen and oxygen atoms in total. The maximum Gasteiger partial charge on any atom is 0.263 e. The summed E-state index contributed by atoms with van der Waals surface area (Å²) in [6.45, 7) is 3.16. The minimum absolute atomic E-state index is 0.00761. The van der Waals surface area contributed by atoms with Gasteiger partial charge < -0.3 is 9.64 Å². The Kier molecular flexibility index (Phi) is 5.54. The molecule has 0 saturated carbocycles. The normalized spacial score (nSPS) is 14.2. The van der Waals surface area contributed by atoms with E-state index in [1.807, 2.05) is 6.07 Å². The van der Waals surface area contributed by atoms with Gasteiger partial charge in [0, 0.05) is 20.2 Å². The molecule has 10 heteroatoms. The quantitative estimate of drug-likeness (QED) is 0.795. The van der Waals surface area contributed by atoms with E-state index in [4.69, 9.17) is 4.74 Å². The SMILES string of the molecule is COCCC(=O)N1CCc2ccc(S(=O)(=O)Nc3nnc(C)s3)cc2C1. The van der Waals surface area contributed by atoms with Crippen LogP contribution in [0, 0.1) is 6.92 Å². The summed E-state index contributed by atoms with van der Waals surface area (Å²) in [5.74, 6) is 0.00761. The van der Waals surface area contributed by atoms with E-state index >= 15 is 0 Å². The van der Waals surface area contributed by atoms with Crippen molar-refractivity contribution in [1.29, 1.82) is 0 Å². The summed E-state index contributed by atoms with van der Waals surface area (Å²) in [7, 11) is -2.19. The number of methoxy groups -OCH3 is 1. The van der Waals surface area contributed by atoms with Crippen molar-refractivity contribution in [3.63, 3.8) is 0 Å². The number of amides is 1. The van der Waals surface area contributed by atoms with Crippen LogP contribution >= 0.6 is 11.3 Å². The number of hydrogen-bond acceptors (Lipinski definition) is 7. The molecule has 0 fully saturated rings. The summed E-state index contributed by atoms with van der Waals surface area (Å²) in [4.78, 5) is 14.1. The van der Waals surface area contributed by atoms with E-state index in [0.29, 0.717) is 37.5 Å². The molecule has 0 atom stereocenters. The zero-order chi connectivity index (χ0) is 18.7. The molecule has 26 heavy (non-hydrogen) atoms. The molecule has 0 unspecified atom stereocenters. The Bertz CT molecular complexity index is 911. The Labute approximate surface area is 156 Å². The monoisotopic (exact) mass is 396 g/mol. The Morgan fingerprint density at radius 3 is 2.85 bits per heavy atom. The molecular formula is C16H20N4O4S2. The highest BCUT2D eigenvalue weighted by molar-refractivity contribution is 7.93. The van der Waals surface area contributed by atoms with Crippen molar-refractivity contribution in [1.82, 2.24) is 15.1 Å². The lowest BCUT2D eigenvalue weighted by atomic mass is 10.00. The molecule has 0 saturated heterocycles. The molecule has 1 aliphatic rings. The van der Waals surface area contributed by atoms with Gasteiger partial charge in [0.25, 0.3) is 10.0 Å². The first-order valence-corrected chi connectivity index (χ1v) is 10.4. The third-order valence-electron chi connectivity index (χ3n) is 4.12. The minimum atomic E-state index is -3.75. The number of aromatic nitrogens is 2. The van der Waals surface area contributed by atoms with Gasteiger partial charge in [-0.1, -0.05) is 17.4 Å². The van der Waals surface area contributed by atoms with Gasteiger partial charge in [-0.15, -0.1) is 10.2 Å². The van der Waals surface area contributed by atoms with Crippen LogP contribution in [0.2, 0.25) is 0 Å². The predicted molar refractivity (Wildman–Crippen MR) is 97.5 cm³/mol. The van der Waals surface area contributed by atoms with Gasteiger partial charge in [0.1, 0.15) is 5.01 Å². The number of benzene rings is 1. The van der Waals surface area contributed by atoms with Crippen LogP contribution in [0.5, 0.6) is 0 Å². The first-order chi connectivity index (χ1) is 12.4. The number of aryl methyl sites for hydroxylation is 1. The van der Waals surface area contributed by atoms with Crippen LogP contribution in [0.4, 0.5) is 5.13 Å². The van der Waals surface area contributed by atoms with Crippen molar-refractivity contribution in [3.8, 4) is 0 Å². The van der Waals surface area contributed by atoms with Gasteiger partial charge >= 0.3 is 0 Å². The fourth-order valence-electron chi connectivity index (χ4n) is 2.77.